The molecular formula is C16H18N4O. The molecule has 0 unspecified atom stereocenters. The zero-order valence-corrected chi connectivity index (χ0v) is 12.2. The van der Waals surface area contributed by atoms with Gasteiger partial charge in [0.05, 0.1) is 23.6 Å². The van der Waals surface area contributed by atoms with Gasteiger partial charge < -0.3 is 10.1 Å². The van der Waals surface area contributed by atoms with Gasteiger partial charge in [0.25, 0.3) is 0 Å². The Morgan fingerprint density at radius 3 is 2.90 bits per heavy atom. The molecule has 0 aliphatic rings. The number of pyridine rings is 1. The predicted octanol–water partition coefficient (Wildman–Crippen LogP) is 2.96. The largest absolute Gasteiger partial charge is 0.453 e. The van der Waals surface area contributed by atoms with Crippen molar-refractivity contribution in [3.8, 4) is 11.5 Å². The first-order chi connectivity index (χ1) is 10.3. The van der Waals surface area contributed by atoms with Crippen LogP contribution in [0.2, 0.25) is 0 Å². The van der Waals surface area contributed by atoms with Crippen molar-refractivity contribution in [3.05, 3.63) is 48.4 Å². The quantitative estimate of drug-likeness (QED) is 0.781. The van der Waals surface area contributed by atoms with Crippen LogP contribution in [-0.4, -0.2) is 21.8 Å². The van der Waals surface area contributed by atoms with Crippen molar-refractivity contribution in [1.29, 1.82) is 0 Å². The Morgan fingerprint density at radius 1 is 1.29 bits per heavy atom. The average molecular weight is 282 g/mol. The molecule has 3 rings (SSSR count). The maximum atomic E-state index is 6.01. The first-order valence-corrected chi connectivity index (χ1v) is 7.03. The number of nitrogens with one attached hydrogen (secondary N) is 1. The molecule has 5 nitrogen and oxygen atoms in total. The lowest BCUT2D eigenvalue weighted by atomic mass is 10.2. The van der Waals surface area contributed by atoms with Crippen LogP contribution in [0.15, 0.2) is 42.7 Å². The summed E-state index contributed by atoms with van der Waals surface area (Å²) in [6.07, 6.45) is 3.63. The van der Waals surface area contributed by atoms with Gasteiger partial charge in [-0.15, -0.1) is 0 Å². The molecule has 1 aromatic carbocycles. The fourth-order valence-corrected chi connectivity index (χ4v) is 2.25. The van der Waals surface area contributed by atoms with Gasteiger partial charge in [0.15, 0.2) is 5.75 Å². The number of ether oxygens (including phenoxy) is 1. The highest BCUT2D eigenvalue weighted by Gasteiger charge is 2.08. The van der Waals surface area contributed by atoms with Gasteiger partial charge in [-0.1, -0.05) is 12.1 Å². The van der Waals surface area contributed by atoms with Crippen molar-refractivity contribution in [2.24, 2.45) is 0 Å². The summed E-state index contributed by atoms with van der Waals surface area (Å²) < 4.78 is 7.85. The zero-order chi connectivity index (χ0) is 14.7. The van der Waals surface area contributed by atoms with Crippen LogP contribution in [0, 0.1) is 0 Å². The number of benzene rings is 1. The molecule has 0 spiro atoms. The minimum absolute atomic E-state index is 0.704. The van der Waals surface area contributed by atoms with Gasteiger partial charge in [-0.2, -0.15) is 5.10 Å². The van der Waals surface area contributed by atoms with Crippen molar-refractivity contribution in [3.63, 3.8) is 0 Å². The highest BCUT2D eigenvalue weighted by molar-refractivity contribution is 5.85. The number of para-hydroxylation sites is 1. The molecule has 0 amide bonds. The van der Waals surface area contributed by atoms with E-state index in [0.717, 1.165) is 34.6 Å². The van der Waals surface area contributed by atoms with E-state index in [1.54, 1.807) is 6.20 Å². The van der Waals surface area contributed by atoms with Crippen LogP contribution >= 0.6 is 0 Å². The molecule has 0 saturated heterocycles. The molecule has 3 aromatic rings. The van der Waals surface area contributed by atoms with Crippen molar-refractivity contribution in [1.82, 2.24) is 20.1 Å². The molecule has 2 aromatic heterocycles. The maximum Gasteiger partial charge on any atom is 0.165 e. The van der Waals surface area contributed by atoms with E-state index in [1.807, 2.05) is 55.2 Å². The lowest BCUT2D eigenvalue weighted by molar-refractivity contribution is 0.485. The summed E-state index contributed by atoms with van der Waals surface area (Å²) in [5, 5.41) is 8.35. The molecule has 0 atom stereocenters. The van der Waals surface area contributed by atoms with Gasteiger partial charge in [0.1, 0.15) is 5.75 Å². The van der Waals surface area contributed by atoms with Gasteiger partial charge in [-0.3, -0.25) is 9.67 Å². The Morgan fingerprint density at radius 2 is 2.14 bits per heavy atom. The van der Waals surface area contributed by atoms with Crippen LogP contribution in [0.25, 0.3) is 10.9 Å². The summed E-state index contributed by atoms with van der Waals surface area (Å²) in [5.74, 6) is 1.55. The molecule has 21 heavy (non-hydrogen) atoms. The summed E-state index contributed by atoms with van der Waals surface area (Å²) >= 11 is 0. The SMILES string of the molecule is CCn1cc(Oc2cc(CNC)nc3ccccc23)cn1. The van der Waals surface area contributed by atoms with E-state index in [1.165, 1.54) is 0 Å². The second-order valence-electron chi connectivity index (χ2n) is 4.79. The monoisotopic (exact) mass is 282 g/mol. The molecule has 0 aliphatic heterocycles. The second-order valence-corrected chi connectivity index (χ2v) is 4.79. The predicted molar refractivity (Wildman–Crippen MR) is 82.5 cm³/mol. The number of aromatic nitrogens is 3. The number of nitrogens with zero attached hydrogens (tertiary/aromatic N) is 3. The fourth-order valence-electron chi connectivity index (χ4n) is 2.25. The highest BCUT2D eigenvalue weighted by Crippen LogP contribution is 2.29. The van der Waals surface area contributed by atoms with Crippen LogP contribution in [0.3, 0.4) is 0 Å². The van der Waals surface area contributed by atoms with Gasteiger partial charge in [-0.25, -0.2) is 0 Å². The van der Waals surface area contributed by atoms with Crippen LogP contribution in [-0.2, 0) is 13.1 Å². The normalized spacial score (nSPS) is 11.0. The molecule has 5 heteroatoms. The van der Waals surface area contributed by atoms with E-state index in [4.69, 9.17) is 4.74 Å². The number of hydrogen-bond acceptors (Lipinski definition) is 4. The third kappa shape index (κ3) is 2.87. The Bertz CT molecular complexity index is 751. The third-order valence-corrected chi connectivity index (χ3v) is 3.25. The second kappa shape index (κ2) is 5.93. The molecule has 0 fully saturated rings. The minimum atomic E-state index is 0.704. The van der Waals surface area contributed by atoms with E-state index in [-0.39, 0.29) is 0 Å². The molecular weight excluding hydrogens is 264 g/mol. The molecule has 108 valence electrons. The first-order valence-electron chi connectivity index (χ1n) is 7.03. The van der Waals surface area contributed by atoms with Crippen LogP contribution in [0.5, 0.6) is 11.5 Å². The summed E-state index contributed by atoms with van der Waals surface area (Å²) in [4.78, 5) is 4.63. The van der Waals surface area contributed by atoms with Crippen molar-refractivity contribution in [2.45, 2.75) is 20.0 Å². The van der Waals surface area contributed by atoms with Gasteiger partial charge in [0, 0.05) is 24.5 Å². The van der Waals surface area contributed by atoms with E-state index < -0.39 is 0 Å². The lowest BCUT2D eigenvalue weighted by Gasteiger charge is -2.09. The molecule has 0 aliphatic carbocycles. The Balaban J connectivity index is 2.02. The van der Waals surface area contributed by atoms with Crippen LogP contribution in [0.4, 0.5) is 0 Å². The molecule has 2 heterocycles. The molecule has 0 radical (unpaired) electrons. The van der Waals surface area contributed by atoms with Crippen molar-refractivity contribution >= 4 is 10.9 Å². The highest BCUT2D eigenvalue weighted by atomic mass is 16.5. The van der Waals surface area contributed by atoms with E-state index in [9.17, 15) is 0 Å². The van der Waals surface area contributed by atoms with Crippen molar-refractivity contribution in [2.75, 3.05) is 7.05 Å². The third-order valence-electron chi connectivity index (χ3n) is 3.25. The summed E-state index contributed by atoms with van der Waals surface area (Å²) in [6, 6.07) is 9.96. The van der Waals surface area contributed by atoms with E-state index >= 15 is 0 Å². The number of rotatable bonds is 5. The van der Waals surface area contributed by atoms with Crippen LogP contribution < -0.4 is 10.1 Å². The number of hydrogen-bond donors (Lipinski definition) is 1. The number of fused-ring (bicyclic) bond motifs is 1. The Hall–Kier alpha value is -2.40. The van der Waals surface area contributed by atoms with E-state index in [0.29, 0.717) is 6.54 Å². The summed E-state index contributed by atoms with van der Waals surface area (Å²) in [7, 11) is 1.91. The molecule has 0 bridgehead atoms. The zero-order valence-electron chi connectivity index (χ0n) is 12.2. The summed E-state index contributed by atoms with van der Waals surface area (Å²) in [6.45, 7) is 3.57. The first kappa shape index (κ1) is 13.6. The topological polar surface area (TPSA) is 52.0 Å². The van der Waals surface area contributed by atoms with Gasteiger partial charge >= 0.3 is 0 Å². The summed E-state index contributed by atoms with van der Waals surface area (Å²) in [5.41, 5.74) is 1.89. The number of aryl methyl sites for hydroxylation is 1. The van der Waals surface area contributed by atoms with E-state index in [2.05, 4.69) is 15.4 Å². The fraction of sp³-hybridized carbons (Fsp3) is 0.250. The lowest BCUT2D eigenvalue weighted by Crippen LogP contribution is -2.07. The smallest absolute Gasteiger partial charge is 0.165 e. The average Bonchev–Trinajstić information content (AvgIpc) is 2.95. The minimum Gasteiger partial charge on any atom is -0.453 e. The van der Waals surface area contributed by atoms with Gasteiger partial charge in [0.2, 0.25) is 0 Å². The van der Waals surface area contributed by atoms with Crippen molar-refractivity contribution < 1.29 is 4.74 Å². The standard InChI is InChI=1S/C16H18N4O/c1-3-20-11-13(10-18-20)21-16-8-12(9-17-2)19-15-7-5-4-6-14(15)16/h4-8,10-11,17H,3,9H2,1-2H3. The van der Waals surface area contributed by atoms with Crippen LogP contribution in [0.1, 0.15) is 12.6 Å². The van der Waals surface area contributed by atoms with Gasteiger partial charge in [-0.05, 0) is 26.1 Å². The Labute approximate surface area is 123 Å². The molecule has 1 N–H and O–H groups in total. The maximum absolute atomic E-state index is 6.01. The Kier molecular flexibility index (Phi) is 3.83. The molecule has 0 saturated carbocycles.